The number of aryl methyl sites for hydroxylation is 1. The van der Waals surface area contributed by atoms with Gasteiger partial charge in [-0.25, -0.2) is 14.2 Å². The van der Waals surface area contributed by atoms with Gasteiger partial charge in [0.25, 0.3) is 0 Å². The lowest BCUT2D eigenvalue weighted by atomic mass is 10.1. The predicted octanol–water partition coefficient (Wildman–Crippen LogP) is 3.76. The van der Waals surface area contributed by atoms with Crippen LogP contribution in [0.3, 0.4) is 0 Å². The van der Waals surface area contributed by atoms with Crippen LogP contribution in [-0.4, -0.2) is 24.0 Å². The topological polar surface area (TPSA) is 81.4 Å². The number of rotatable bonds is 5. The Morgan fingerprint density at radius 1 is 1.19 bits per heavy atom. The largest absolute Gasteiger partial charge is 0.465 e. The Morgan fingerprint density at radius 2 is 1.96 bits per heavy atom. The summed E-state index contributed by atoms with van der Waals surface area (Å²) in [7, 11) is 1.27. The number of ether oxygens (including phenoxy) is 1. The molecule has 1 N–H and O–H groups in total. The summed E-state index contributed by atoms with van der Waals surface area (Å²) in [6, 6.07) is 12.4. The maximum Gasteiger partial charge on any atom is 0.339 e. The number of benzene rings is 2. The summed E-state index contributed by atoms with van der Waals surface area (Å²) in [4.78, 5) is 28.5. The number of halogens is 1. The van der Waals surface area contributed by atoms with E-state index in [0.717, 1.165) is 0 Å². The van der Waals surface area contributed by atoms with Gasteiger partial charge < -0.3 is 14.5 Å². The number of carbonyl (C=O) groups excluding carboxylic acids is 2. The molecular weight excluding hydrogens is 351 g/mol. The second-order valence-electron chi connectivity index (χ2n) is 5.79. The number of nitrogens with one attached hydrogen (secondary N) is 1. The highest BCUT2D eigenvalue weighted by Crippen LogP contribution is 2.23. The smallest absolute Gasteiger partial charge is 0.339 e. The first-order valence-corrected chi connectivity index (χ1v) is 8.17. The minimum atomic E-state index is -0.545. The fraction of sp³-hybridized carbons (Fsp3) is 0.150. The summed E-state index contributed by atoms with van der Waals surface area (Å²) in [5.41, 5.74) is 1.52. The highest BCUT2D eigenvalue weighted by atomic mass is 19.1. The van der Waals surface area contributed by atoms with Gasteiger partial charge in [-0.2, -0.15) is 0 Å². The number of hydrogen-bond acceptors (Lipinski definition) is 5. The van der Waals surface area contributed by atoms with E-state index in [-0.39, 0.29) is 23.8 Å². The molecule has 6 nitrogen and oxygen atoms in total. The van der Waals surface area contributed by atoms with E-state index in [1.807, 2.05) is 0 Å². The van der Waals surface area contributed by atoms with Crippen LogP contribution in [0.25, 0.3) is 11.5 Å². The molecule has 1 heterocycles. The van der Waals surface area contributed by atoms with Gasteiger partial charge in [-0.15, -0.1) is 0 Å². The van der Waals surface area contributed by atoms with Gasteiger partial charge in [-0.3, -0.25) is 4.79 Å². The lowest BCUT2D eigenvalue weighted by molar-refractivity contribution is -0.115. The molecule has 1 amide bonds. The second-order valence-corrected chi connectivity index (χ2v) is 5.79. The van der Waals surface area contributed by atoms with E-state index in [0.29, 0.717) is 22.7 Å². The molecule has 0 saturated carbocycles. The highest BCUT2D eigenvalue weighted by Gasteiger charge is 2.17. The molecule has 3 aromatic rings. The molecule has 0 aliphatic heterocycles. The van der Waals surface area contributed by atoms with E-state index in [1.165, 1.54) is 19.2 Å². The van der Waals surface area contributed by atoms with Crippen molar-refractivity contribution >= 4 is 17.6 Å². The number of methoxy groups -OCH3 is 1. The summed E-state index contributed by atoms with van der Waals surface area (Å²) < 4.78 is 23.6. The molecule has 0 aliphatic carbocycles. The fourth-order valence-electron chi connectivity index (χ4n) is 2.56. The van der Waals surface area contributed by atoms with E-state index in [9.17, 15) is 14.0 Å². The van der Waals surface area contributed by atoms with E-state index < -0.39 is 11.8 Å². The average molecular weight is 368 g/mol. The number of amides is 1. The quantitative estimate of drug-likeness (QED) is 0.694. The molecule has 0 radical (unpaired) electrons. The Labute approximate surface area is 155 Å². The summed E-state index contributed by atoms with van der Waals surface area (Å²) in [6.07, 6.45) is -0.0554. The molecule has 0 bridgehead atoms. The molecule has 0 atom stereocenters. The molecule has 0 unspecified atom stereocenters. The number of para-hydroxylation sites is 1. The van der Waals surface area contributed by atoms with E-state index in [2.05, 4.69) is 10.3 Å². The van der Waals surface area contributed by atoms with Crippen LogP contribution in [0.4, 0.5) is 10.1 Å². The molecular formula is C20H17FN2O4. The number of aromatic nitrogens is 1. The lowest BCUT2D eigenvalue weighted by Gasteiger charge is -2.09. The van der Waals surface area contributed by atoms with Gasteiger partial charge in [0.2, 0.25) is 11.8 Å². The lowest BCUT2D eigenvalue weighted by Crippen LogP contribution is -2.17. The molecule has 1 aromatic heterocycles. The molecule has 0 fully saturated rings. The maximum atomic E-state index is 13.4. The van der Waals surface area contributed by atoms with Gasteiger partial charge in [0.05, 0.1) is 30.5 Å². The van der Waals surface area contributed by atoms with Gasteiger partial charge in [-0.1, -0.05) is 18.2 Å². The van der Waals surface area contributed by atoms with Crippen LogP contribution < -0.4 is 5.32 Å². The van der Waals surface area contributed by atoms with Crippen molar-refractivity contribution in [2.45, 2.75) is 13.3 Å². The Kier molecular flexibility index (Phi) is 5.30. The van der Waals surface area contributed by atoms with E-state index in [4.69, 9.17) is 9.15 Å². The van der Waals surface area contributed by atoms with Crippen LogP contribution in [0.2, 0.25) is 0 Å². The van der Waals surface area contributed by atoms with Gasteiger partial charge in [-0.05, 0) is 37.3 Å². The Morgan fingerprint density at radius 3 is 2.70 bits per heavy atom. The van der Waals surface area contributed by atoms with Crippen LogP contribution in [-0.2, 0) is 16.0 Å². The zero-order valence-electron chi connectivity index (χ0n) is 14.8. The van der Waals surface area contributed by atoms with Crippen LogP contribution in [0, 0.1) is 12.7 Å². The first-order valence-electron chi connectivity index (χ1n) is 8.17. The zero-order valence-corrected chi connectivity index (χ0v) is 14.8. The summed E-state index contributed by atoms with van der Waals surface area (Å²) in [6.45, 7) is 1.68. The van der Waals surface area contributed by atoms with Crippen molar-refractivity contribution in [3.05, 3.63) is 71.4 Å². The van der Waals surface area contributed by atoms with Crippen molar-refractivity contribution in [2.75, 3.05) is 12.4 Å². The van der Waals surface area contributed by atoms with Gasteiger partial charge in [0, 0.05) is 5.56 Å². The number of carbonyl (C=O) groups is 2. The minimum absolute atomic E-state index is 0.0554. The van der Waals surface area contributed by atoms with Crippen molar-refractivity contribution in [1.29, 1.82) is 0 Å². The Hall–Kier alpha value is -3.48. The predicted molar refractivity (Wildman–Crippen MR) is 96.7 cm³/mol. The summed E-state index contributed by atoms with van der Waals surface area (Å²) in [5, 5.41) is 2.68. The van der Waals surface area contributed by atoms with Crippen molar-refractivity contribution in [2.24, 2.45) is 0 Å². The number of hydrogen-bond donors (Lipinski definition) is 1. The van der Waals surface area contributed by atoms with Crippen molar-refractivity contribution in [3.63, 3.8) is 0 Å². The maximum absolute atomic E-state index is 13.4. The third-order valence-electron chi connectivity index (χ3n) is 3.90. The van der Waals surface area contributed by atoms with Gasteiger partial charge >= 0.3 is 5.97 Å². The van der Waals surface area contributed by atoms with Crippen LogP contribution in [0.1, 0.15) is 21.8 Å². The molecule has 7 heteroatoms. The highest BCUT2D eigenvalue weighted by molar-refractivity contribution is 6.01. The number of oxazole rings is 1. The summed E-state index contributed by atoms with van der Waals surface area (Å²) >= 11 is 0. The van der Waals surface area contributed by atoms with E-state index >= 15 is 0 Å². The van der Waals surface area contributed by atoms with E-state index in [1.54, 1.807) is 43.3 Å². The molecule has 0 aliphatic rings. The molecule has 0 spiro atoms. The van der Waals surface area contributed by atoms with Gasteiger partial charge in [0.1, 0.15) is 11.6 Å². The van der Waals surface area contributed by atoms with Crippen molar-refractivity contribution in [1.82, 2.24) is 4.98 Å². The number of esters is 1. The first kappa shape index (κ1) is 18.3. The third kappa shape index (κ3) is 4.20. The van der Waals surface area contributed by atoms with Crippen LogP contribution >= 0.6 is 0 Å². The normalized spacial score (nSPS) is 10.5. The first-order chi connectivity index (χ1) is 13.0. The summed E-state index contributed by atoms with van der Waals surface area (Å²) in [5.74, 6) is -0.608. The standard InChI is InChI=1S/C20H17FN2O4/c1-12-17(23-19(27-12)13-6-5-7-14(21)10-13)11-18(24)22-16-9-4-3-8-15(16)20(25)26-2/h3-10H,11H2,1-2H3,(H,22,24). The second kappa shape index (κ2) is 7.82. The molecule has 2 aromatic carbocycles. The minimum Gasteiger partial charge on any atom is -0.465 e. The SMILES string of the molecule is COC(=O)c1ccccc1NC(=O)Cc1nc(-c2cccc(F)c2)oc1C. The monoisotopic (exact) mass is 368 g/mol. The third-order valence-corrected chi connectivity index (χ3v) is 3.90. The van der Waals surface area contributed by atoms with Gasteiger partial charge in [0.15, 0.2) is 0 Å². The van der Waals surface area contributed by atoms with Crippen LogP contribution in [0.5, 0.6) is 0 Å². The molecule has 138 valence electrons. The zero-order chi connectivity index (χ0) is 19.4. The number of anilines is 1. The fourth-order valence-corrected chi connectivity index (χ4v) is 2.56. The molecule has 27 heavy (non-hydrogen) atoms. The Bertz CT molecular complexity index is 997. The number of nitrogens with zero attached hydrogens (tertiary/aromatic N) is 1. The average Bonchev–Trinajstić information content (AvgIpc) is 3.02. The molecule has 3 rings (SSSR count). The van der Waals surface area contributed by atoms with Crippen molar-refractivity contribution in [3.8, 4) is 11.5 Å². The molecule has 0 saturated heterocycles. The van der Waals surface area contributed by atoms with Crippen molar-refractivity contribution < 1.29 is 23.1 Å². The Balaban J connectivity index is 1.77. The van der Waals surface area contributed by atoms with Crippen LogP contribution in [0.15, 0.2) is 52.9 Å².